The van der Waals surface area contributed by atoms with E-state index < -0.39 is 61.7 Å². The summed E-state index contributed by atoms with van der Waals surface area (Å²) in [4.78, 5) is 22.2. The Morgan fingerprint density at radius 2 is 1.76 bits per heavy atom. The highest BCUT2D eigenvalue weighted by Crippen LogP contribution is 2.31. The van der Waals surface area contributed by atoms with Gasteiger partial charge in [0, 0.05) is 18.0 Å². The number of halogens is 6. The van der Waals surface area contributed by atoms with E-state index in [-0.39, 0.29) is 11.4 Å². The zero-order chi connectivity index (χ0) is 24.6. The average molecular weight is 495 g/mol. The van der Waals surface area contributed by atoms with Crippen LogP contribution in [0.2, 0.25) is 0 Å². The number of carbonyl (C=O) groups is 1. The van der Waals surface area contributed by atoms with Gasteiger partial charge < -0.3 is 9.84 Å². The molecule has 0 atom stereocenters. The van der Waals surface area contributed by atoms with Crippen LogP contribution in [0.25, 0.3) is 11.4 Å². The molecule has 0 spiro atoms. The van der Waals surface area contributed by atoms with Gasteiger partial charge in [0.25, 0.3) is 5.91 Å². The zero-order valence-corrected chi connectivity index (χ0v) is 17.0. The number of nitrogens with zero attached hydrogens (tertiary/aromatic N) is 4. The molecule has 0 aliphatic carbocycles. The molecule has 176 valence electrons. The van der Waals surface area contributed by atoms with Crippen LogP contribution in [0.5, 0.6) is 0 Å². The molecule has 3 heterocycles. The molecule has 0 unspecified atom stereocenters. The fourth-order valence-electron chi connectivity index (χ4n) is 2.40. The zero-order valence-electron chi connectivity index (χ0n) is 16.2. The Balaban J connectivity index is 1.98. The summed E-state index contributed by atoms with van der Waals surface area (Å²) in [7, 11) is -4.15. The number of pyridine rings is 2. The normalized spacial score (nSPS) is 12.6. The van der Waals surface area contributed by atoms with Crippen molar-refractivity contribution < 1.29 is 44.1 Å². The average Bonchev–Trinajstić information content (AvgIpc) is 3.24. The smallest absolute Gasteiger partial charge is 0.329 e. The predicted octanol–water partition coefficient (Wildman–Crippen LogP) is 3.61. The maximum atomic E-state index is 12.7. The van der Waals surface area contributed by atoms with E-state index in [2.05, 4.69) is 29.9 Å². The summed E-state index contributed by atoms with van der Waals surface area (Å²) in [5.41, 5.74) is -2.03. The lowest BCUT2D eigenvalue weighted by Crippen LogP contribution is -2.20. The molecule has 0 radical (unpaired) electrons. The number of hydrogen-bond acceptors (Lipinski definition) is 8. The van der Waals surface area contributed by atoms with E-state index in [0.29, 0.717) is 12.3 Å². The van der Waals surface area contributed by atoms with Gasteiger partial charge in [-0.3, -0.25) is 4.79 Å². The number of sulfone groups is 1. The number of alkyl halides is 6. The Bertz CT molecular complexity index is 1290. The molecule has 0 bridgehead atoms. The number of carbonyl (C=O) groups excluding carboxylic acids is 1. The molecule has 9 nitrogen and oxygen atoms in total. The summed E-state index contributed by atoms with van der Waals surface area (Å²) in [6.45, 7) is 1.25. The van der Waals surface area contributed by atoms with Crippen molar-refractivity contribution in [2.75, 3.05) is 11.1 Å². The largest absolute Gasteiger partial charge is 0.471 e. The minimum Gasteiger partial charge on any atom is -0.329 e. The third kappa shape index (κ3) is 5.27. The highest BCUT2D eigenvalue weighted by Gasteiger charge is 2.39. The summed E-state index contributed by atoms with van der Waals surface area (Å²) in [5.74, 6) is -4.26. The molecule has 16 heteroatoms. The van der Waals surface area contributed by atoms with E-state index in [1.54, 1.807) is 0 Å². The van der Waals surface area contributed by atoms with E-state index in [1.165, 1.54) is 6.92 Å². The van der Waals surface area contributed by atoms with Gasteiger partial charge in [0.15, 0.2) is 9.84 Å². The predicted molar refractivity (Wildman–Crippen MR) is 97.4 cm³/mol. The van der Waals surface area contributed by atoms with Crippen LogP contribution in [0.3, 0.4) is 0 Å². The van der Waals surface area contributed by atoms with Crippen molar-refractivity contribution in [3.8, 4) is 11.4 Å². The molecular weight excluding hydrogens is 484 g/mol. The van der Waals surface area contributed by atoms with Gasteiger partial charge in [0.05, 0.1) is 16.2 Å². The van der Waals surface area contributed by atoms with Crippen LogP contribution in [0.1, 0.15) is 28.9 Å². The van der Waals surface area contributed by atoms with Crippen molar-refractivity contribution in [1.82, 2.24) is 20.1 Å². The van der Waals surface area contributed by atoms with Crippen LogP contribution in [0.15, 0.2) is 40.0 Å². The van der Waals surface area contributed by atoms with E-state index in [0.717, 1.165) is 18.3 Å². The molecule has 0 aliphatic rings. The standard InChI is InChI=1S/C17H11F6N5O4S/c1-2-33(30,31)10-5-8(13-27-15(32-28-13)17(21,22)23)6-25-12(10)14(29)26-11-4-3-9(7-24-11)16(18,19)20/h3-7H,2H2,1H3,(H,24,26,29). The summed E-state index contributed by atoms with van der Waals surface area (Å²) < 4.78 is 105. The highest BCUT2D eigenvalue weighted by atomic mass is 32.2. The van der Waals surface area contributed by atoms with Gasteiger partial charge in [-0.1, -0.05) is 12.1 Å². The van der Waals surface area contributed by atoms with Crippen LogP contribution < -0.4 is 5.32 Å². The molecule has 3 aromatic heterocycles. The monoisotopic (exact) mass is 495 g/mol. The summed E-state index contributed by atoms with van der Waals surface area (Å²) >= 11 is 0. The lowest BCUT2D eigenvalue weighted by atomic mass is 10.2. The van der Waals surface area contributed by atoms with Crippen LogP contribution in [0.4, 0.5) is 32.2 Å². The summed E-state index contributed by atoms with van der Waals surface area (Å²) in [5, 5.41) is 5.24. The first-order valence-electron chi connectivity index (χ1n) is 8.71. The molecule has 1 N–H and O–H groups in total. The van der Waals surface area contributed by atoms with E-state index in [1.807, 2.05) is 0 Å². The second kappa shape index (κ2) is 8.42. The van der Waals surface area contributed by atoms with Gasteiger partial charge in [-0.2, -0.15) is 31.3 Å². The first kappa shape index (κ1) is 24.1. The van der Waals surface area contributed by atoms with Crippen LogP contribution in [-0.4, -0.2) is 40.2 Å². The number of anilines is 1. The maximum Gasteiger partial charge on any atom is 0.471 e. The molecule has 1 amide bonds. The third-order valence-electron chi connectivity index (χ3n) is 4.04. The van der Waals surface area contributed by atoms with Crippen molar-refractivity contribution in [3.05, 3.63) is 47.7 Å². The van der Waals surface area contributed by atoms with Crippen LogP contribution >= 0.6 is 0 Å². The molecular formula is C17H11F6N5O4S. The first-order chi connectivity index (χ1) is 15.2. The lowest BCUT2D eigenvalue weighted by molar-refractivity contribution is -0.159. The highest BCUT2D eigenvalue weighted by molar-refractivity contribution is 7.91. The number of aromatic nitrogens is 4. The van der Waals surface area contributed by atoms with E-state index >= 15 is 0 Å². The van der Waals surface area contributed by atoms with Crippen LogP contribution in [-0.2, 0) is 22.2 Å². The van der Waals surface area contributed by atoms with Gasteiger partial charge in [0.1, 0.15) is 11.5 Å². The number of amides is 1. The van der Waals surface area contributed by atoms with Gasteiger partial charge in [-0.15, -0.1) is 0 Å². The fourth-order valence-corrected chi connectivity index (χ4v) is 3.45. The Hall–Kier alpha value is -3.56. The van der Waals surface area contributed by atoms with E-state index in [4.69, 9.17) is 0 Å². The van der Waals surface area contributed by atoms with Crippen molar-refractivity contribution >= 4 is 21.6 Å². The third-order valence-corrected chi connectivity index (χ3v) is 5.78. The van der Waals surface area contributed by atoms with Crippen molar-refractivity contribution in [3.63, 3.8) is 0 Å². The van der Waals surface area contributed by atoms with Crippen molar-refractivity contribution in [1.29, 1.82) is 0 Å². The lowest BCUT2D eigenvalue weighted by Gasteiger charge is -2.11. The Morgan fingerprint density at radius 1 is 1.06 bits per heavy atom. The van der Waals surface area contributed by atoms with Gasteiger partial charge in [0.2, 0.25) is 5.82 Å². The quantitative estimate of drug-likeness (QED) is 0.532. The molecule has 3 rings (SSSR count). The van der Waals surface area contributed by atoms with Gasteiger partial charge in [-0.05, 0) is 18.2 Å². The van der Waals surface area contributed by atoms with E-state index in [9.17, 15) is 39.6 Å². The summed E-state index contributed by atoms with van der Waals surface area (Å²) in [6, 6.07) is 2.34. The Labute approximate surface area is 180 Å². The molecule has 3 aromatic rings. The second-order valence-electron chi connectivity index (χ2n) is 6.28. The van der Waals surface area contributed by atoms with Crippen molar-refractivity contribution in [2.24, 2.45) is 0 Å². The summed E-state index contributed by atoms with van der Waals surface area (Å²) in [6.07, 6.45) is -8.29. The minimum atomic E-state index is -4.94. The Morgan fingerprint density at radius 3 is 2.27 bits per heavy atom. The number of hydrogen-bond donors (Lipinski definition) is 1. The fraction of sp³-hybridized carbons (Fsp3) is 0.235. The minimum absolute atomic E-state index is 0.287. The molecule has 0 aliphatic heterocycles. The Kier molecular flexibility index (Phi) is 6.14. The SMILES string of the molecule is CCS(=O)(=O)c1cc(-c2noc(C(F)(F)F)n2)cnc1C(=O)Nc1ccc(C(F)(F)F)cn1. The van der Waals surface area contributed by atoms with Crippen LogP contribution in [0, 0.1) is 0 Å². The topological polar surface area (TPSA) is 128 Å². The molecule has 0 fully saturated rings. The molecule has 0 saturated carbocycles. The number of nitrogens with one attached hydrogen (secondary N) is 1. The number of rotatable bonds is 5. The maximum absolute atomic E-state index is 12.7. The van der Waals surface area contributed by atoms with Gasteiger partial charge >= 0.3 is 18.2 Å². The molecule has 0 saturated heterocycles. The van der Waals surface area contributed by atoms with Gasteiger partial charge in [-0.25, -0.2) is 18.4 Å². The van der Waals surface area contributed by atoms with Crippen molar-refractivity contribution in [2.45, 2.75) is 24.2 Å². The molecule has 0 aromatic carbocycles. The molecule has 33 heavy (non-hydrogen) atoms. The second-order valence-corrected chi connectivity index (χ2v) is 8.53. The first-order valence-corrected chi connectivity index (χ1v) is 10.4.